The zero-order valence-electron chi connectivity index (χ0n) is 15.6. The summed E-state index contributed by atoms with van der Waals surface area (Å²) in [5.41, 5.74) is 4.45. The molecule has 0 aliphatic heterocycles. The SMILES string of the molecule is CCc1cccc(CC)c1NC(=O)c1ccc(NCc2cccnc2)nn1. The van der Waals surface area contributed by atoms with Crippen LogP contribution in [0.4, 0.5) is 11.5 Å². The number of carbonyl (C=O) groups is 1. The second kappa shape index (κ2) is 8.89. The van der Waals surface area contributed by atoms with E-state index in [2.05, 4.69) is 39.7 Å². The molecule has 0 saturated carbocycles. The van der Waals surface area contributed by atoms with E-state index in [4.69, 9.17) is 0 Å². The molecule has 0 bridgehead atoms. The van der Waals surface area contributed by atoms with Crippen LogP contribution in [0.5, 0.6) is 0 Å². The van der Waals surface area contributed by atoms with Gasteiger partial charge in [0.05, 0.1) is 0 Å². The number of rotatable bonds is 7. The number of aryl methyl sites for hydroxylation is 2. The minimum atomic E-state index is -0.253. The van der Waals surface area contributed by atoms with E-state index in [1.807, 2.05) is 30.3 Å². The van der Waals surface area contributed by atoms with Crippen LogP contribution in [0.1, 0.15) is 41.0 Å². The largest absolute Gasteiger partial charge is 0.364 e. The molecule has 3 rings (SSSR count). The Balaban J connectivity index is 1.68. The molecule has 1 aromatic carbocycles. The van der Waals surface area contributed by atoms with Crippen molar-refractivity contribution in [1.82, 2.24) is 15.2 Å². The van der Waals surface area contributed by atoms with Gasteiger partial charge >= 0.3 is 0 Å². The highest BCUT2D eigenvalue weighted by Gasteiger charge is 2.13. The van der Waals surface area contributed by atoms with Gasteiger partial charge < -0.3 is 10.6 Å². The minimum Gasteiger partial charge on any atom is -0.364 e. The Hall–Kier alpha value is -3.28. The van der Waals surface area contributed by atoms with Crippen molar-refractivity contribution in [3.8, 4) is 0 Å². The summed E-state index contributed by atoms with van der Waals surface area (Å²) in [6.07, 6.45) is 5.23. The summed E-state index contributed by atoms with van der Waals surface area (Å²) in [5.74, 6) is 0.357. The highest BCUT2D eigenvalue weighted by molar-refractivity contribution is 6.03. The van der Waals surface area contributed by atoms with Crippen molar-refractivity contribution in [2.75, 3.05) is 10.6 Å². The molecule has 2 N–H and O–H groups in total. The first-order chi connectivity index (χ1) is 13.2. The number of amides is 1. The number of pyridine rings is 1. The first-order valence-electron chi connectivity index (χ1n) is 9.09. The van der Waals surface area contributed by atoms with Gasteiger partial charge in [0.15, 0.2) is 5.69 Å². The fourth-order valence-corrected chi connectivity index (χ4v) is 2.82. The molecule has 27 heavy (non-hydrogen) atoms. The number of anilines is 2. The van der Waals surface area contributed by atoms with Crippen LogP contribution in [-0.4, -0.2) is 21.1 Å². The number of hydrogen-bond donors (Lipinski definition) is 2. The number of para-hydroxylation sites is 1. The number of hydrogen-bond acceptors (Lipinski definition) is 5. The van der Waals surface area contributed by atoms with Gasteiger partial charge in [0, 0.05) is 24.6 Å². The van der Waals surface area contributed by atoms with Crippen LogP contribution in [0.2, 0.25) is 0 Å². The van der Waals surface area contributed by atoms with E-state index in [0.717, 1.165) is 35.2 Å². The molecular weight excluding hydrogens is 338 g/mol. The van der Waals surface area contributed by atoms with Crippen molar-refractivity contribution in [3.05, 3.63) is 77.2 Å². The molecular formula is C21H23N5O. The lowest BCUT2D eigenvalue weighted by molar-refractivity contribution is 0.102. The van der Waals surface area contributed by atoms with Gasteiger partial charge in [-0.25, -0.2) is 0 Å². The first-order valence-corrected chi connectivity index (χ1v) is 9.09. The van der Waals surface area contributed by atoms with Crippen LogP contribution < -0.4 is 10.6 Å². The Bertz CT molecular complexity index is 872. The Kier molecular flexibility index (Phi) is 6.10. The molecule has 2 heterocycles. The number of aromatic nitrogens is 3. The van der Waals surface area contributed by atoms with Crippen molar-refractivity contribution in [2.45, 2.75) is 33.2 Å². The third-order valence-electron chi connectivity index (χ3n) is 4.33. The number of nitrogens with one attached hydrogen (secondary N) is 2. The summed E-state index contributed by atoms with van der Waals surface area (Å²) in [6.45, 7) is 4.75. The molecule has 0 aliphatic carbocycles. The molecule has 6 heteroatoms. The summed E-state index contributed by atoms with van der Waals surface area (Å²) in [4.78, 5) is 16.7. The molecule has 0 radical (unpaired) electrons. The molecule has 0 atom stereocenters. The zero-order valence-corrected chi connectivity index (χ0v) is 15.6. The monoisotopic (exact) mass is 361 g/mol. The maximum Gasteiger partial charge on any atom is 0.276 e. The Morgan fingerprint density at radius 1 is 0.963 bits per heavy atom. The highest BCUT2D eigenvalue weighted by atomic mass is 16.1. The lowest BCUT2D eigenvalue weighted by Gasteiger charge is -2.14. The Morgan fingerprint density at radius 2 is 1.74 bits per heavy atom. The third-order valence-corrected chi connectivity index (χ3v) is 4.33. The van der Waals surface area contributed by atoms with Crippen LogP contribution in [0.3, 0.4) is 0 Å². The molecule has 138 valence electrons. The van der Waals surface area contributed by atoms with E-state index in [-0.39, 0.29) is 11.6 Å². The van der Waals surface area contributed by atoms with Gasteiger partial charge in [-0.2, -0.15) is 0 Å². The number of carbonyl (C=O) groups excluding carboxylic acids is 1. The molecule has 0 fully saturated rings. The van der Waals surface area contributed by atoms with Crippen LogP contribution in [-0.2, 0) is 19.4 Å². The van der Waals surface area contributed by atoms with Crippen molar-refractivity contribution in [2.24, 2.45) is 0 Å². The predicted molar refractivity (Wildman–Crippen MR) is 107 cm³/mol. The average molecular weight is 361 g/mol. The molecule has 2 aromatic heterocycles. The molecule has 1 amide bonds. The maximum absolute atomic E-state index is 12.6. The van der Waals surface area contributed by atoms with Gasteiger partial charge in [0.1, 0.15) is 5.82 Å². The van der Waals surface area contributed by atoms with E-state index >= 15 is 0 Å². The average Bonchev–Trinajstić information content (AvgIpc) is 2.73. The Labute approximate surface area is 159 Å². The third kappa shape index (κ3) is 4.67. The maximum atomic E-state index is 12.6. The van der Waals surface area contributed by atoms with Crippen LogP contribution in [0, 0.1) is 0 Å². The first kappa shape index (κ1) is 18.5. The summed E-state index contributed by atoms with van der Waals surface area (Å²) < 4.78 is 0. The van der Waals surface area contributed by atoms with E-state index in [9.17, 15) is 4.79 Å². The molecule has 0 spiro atoms. The summed E-state index contributed by atoms with van der Waals surface area (Å²) in [6, 6.07) is 13.4. The van der Waals surface area contributed by atoms with Crippen molar-refractivity contribution < 1.29 is 4.79 Å². The smallest absolute Gasteiger partial charge is 0.276 e. The van der Waals surface area contributed by atoms with E-state index in [1.165, 1.54) is 0 Å². The van der Waals surface area contributed by atoms with Gasteiger partial charge in [0.25, 0.3) is 5.91 Å². The topological polar surface area (TPSA) is 79.8 Å². The van der Waals surface area contributed by atoms with Crippen LogP contribution in [0.15, 0.2) is 54.9 Å². The number of benzene rings is 1. The lowest BCUT2D eigenvalue weighted by atomic mass is 10.0. The van der Waals surface area contributed by atoms with Gasteiger partial charge in [-0.1, -0.05) is 38.1 Å². The lowest BCUT2D eigenvalue weighted by Crippen LogP contribution is -2.17. The second-order valence-electron chi connectivity index (χ2n) is 6.13. The normalized spacial score (nSPS) is 10.4. The van der Waals surface area contributed by atoms with E-state index in [1.54, 1.807) is 24.5 Å². The van der Waals surface area contributed by atoms with Crippen LogP contribution >= 0.6 is 0 Å². The predicted octanol–water partition coefficient (Wildman–Crippen LogP) is 3.86. The van der Waals surface area contributed by atoms with Crippen molar-refractivity contribution in [3.63, 3.8) is 0 Å². The summed E-state index contributed by atoms with van der Waals surface area (Å²) in [7, 11) is 0. The zero-order chi connectivity index (χ0) is 19.1. The standard InChI is InChI=1S/C21H23N5O/c1-3-16-8-5-9-17(4-2)20(16)24-21(27)18-10-11-19(26-25-18)23-14-15-7-6-12-22-13-15/h5-13H,3-4,14H2,1-2H3,(H,23,26)(H,24,27). The molecule has 0 aliphatic rings. The molecule has 0 unspecified atom stereocenters. The minimum absolute atomic E-state index is 0.253. The second-order valence-corrected chi connectivity index (χ2v) is 6.13. The van der Waals surface area contributed by atoms with Crippen LogP contribution in [0.25, 0.3) is 0 Å². The summed E-state index contributed by atoms with van der Waals surface area (Å²) >= 11 is 0. The fraction of sp³-hybridized carbons (Fsp3) is 0.238. The van der Waals surface area contributed by atoms with Crippen molar-refractivity contribution in [1.29, 1.82) is 0 Å². The van der Waals surface area contributed by atoms with E-state index < -0.39 is 0 Å². The van der Waals surface area contributed by atoms with Gasteiger partial charge in [-0.15, -0.1) is 10.2 Å². The highest BCUT2D eigenvalue weighted by Crippen LogP contribution is 2.23. The number of nitrogens with zero attached hydrogens (tertiary/aromatic N) is 3. The van der Waals surface area contributed by atoms with Gasteiger partial charge in [-0.05, 0) is 47.7 Å². The fourth-order valence-electron chi connectivity index (χ4n) is 2.82. The van der Waals surface area contributed by atoms with E-state index in [0.29, 0.717) is 12.4 Å². The Morgan fingerprint density at radius 3 is 2.33 bits per heavy atom. The summed E-state index contributed by atoms with van der Waals surface area (Å²) in [5, 5.41) is 14.3. The molecule has 3 aromatic rings. The molecule has 6 nitrogen and oxygen atoms in total. The van der Waals surface area contributed by atoms with Crippen molar-refractivity contribution >= 4 is 17.4 Å². The van der Waals surface area contributed by atoms with Gasteiger partial charge in [0.2, 0.25) is 0 Å². The van der Waals surface area contributed by atoms with Gasteiger partial charge in [-0.3, -0.25) is 9.78 Å². The molecule has 0 saturated heterocycles. The quantitative estimate of drug-likeness (QED) is 0.668.